The van der Waals surface area contributed by atoms with Crippen molar-refractivity contribution >= 4 is 6.09 Å². The van der Waals surface area contributed by atoms with Crippen LogP contribution in [0.4, 0.5) is 4.79 Å². The lowest BCUT2D eigenvalue weighted by Crippen LogP contribution is -2.34. The normalized spacial score (nSPS) is 20.1. The highest BCUT2D eigenvalue weighted by molar-refractivity contribution is 5.69. The molecule has 1 aliphatic heterocycles. The van der Waals surface area contributed by atoms with Crippen LogP contribution in [0.25, 0.3) is 0 Å². The van der Waals surface area contributed by atoms with Crippen molar-refractivity contribution in [2.75, 3.05) is 0 Å². The maximum Gasteiger partial charge on any atom is 0.435 e. The number of hydrogen-bond acceptors (Lipinski definition) is 5. The van der Waals surface area contributed by atoms with E-state index in [0.717, 1.165) is 30.5 Å². The van der Waals surface area contributed by atoms with Gasteiger partial charge in [-0.1, -0.05) is 30.3 Å². The summed E-state index contributed by atoms with van der Waals surface area (Å²) in [6, 6.07) is 11.7. The quantitative estimate of drug-likeness (QED) is 0.818. The minimum atomic E-state index is -0.530. The number of benzene rings is 1. The Hall–Kier alpha value is -2.18. The molecule has 0 unspecified atom stereocenters. The molecule has 0 amide bonds. The fraction of sp³-hybridized carbons (Fsp3) is 0.474. The molecule has 1 saturated heterocycles. The Morgan fingerprint density at radius 1 is 1.20 bits per heavy atom. The van der Waals surface area contributed by atoms with Crippen molar-refractivity contribution in [1.82, 2.24) is 9.78 Å². The third-order valence-electron chi connectivity index (χ3n) is 3.72. The van der Waals surface area contributed by atoms with E-state index in [1.54, 1.807) is 6.20 Å². The SMILES string of the molecule is CC(C)(C)OC(=O)n1ccc(CCCC2OC(c3ccccc3)O2)n1. The van der Waals surface area contributed by atoms with Crippen LogP contribution in [0.1, 0.15) is 51.2 Å². The molecule has 0 radical (unpaired) electrons. The second-order valence-corrected chi connectivity index (χ2v) is 7.07. The number of carbonyl (C=O) groups is 1. The van der Waals surface area contributed by atoms with E-state index < -0.39 is 11.7 Å². The van der Waals surface area contributed by atoms with E-state index >= 15 is 0 Å². The Bertz CT molecular complexity index is 700. The zero-order valence-corrected chi connectivity index (χ0v) is 14.8. The van der Waals surface area contributed by atoms with Gasteiger partial charge in [0.15, 0.2) is 12.6 Å². The molecule has 3 rings (SSSR count). The van der Waals surface area contributed by atoms with Gasteiger partial charge in [-0.05, 0) is 46.1 Å². The number of ether oxygens (including phenoxy) is 3. The van der Waals surface area contributed by atoms with Gasteiger partial charge in [-0.2, -0.15) is 9.78 Å². The van der Waals surface area contributed by atoms with Gasteiger partial charge in [0.2, 0.25) is 0 Å². The van der Waals surface area contributed by atoms with Gasteiger partial charge in [0.25, 0.3) is 0 Å². The van der Waals surface area contributed by atoms with Gasteiger partial charge in [-0.15, -0.1) is 0 Å². The Morgan fingerprint density at radius 2 is 1.92 bits per heavy atom. The van der Waals surface area contributed by atoms with E-state index in [0.29, 0.717) is 0 Å². The van der Waals surface area contributed by atoms with Crippen molar-refractivity contribution in [3.8, 4) is 0 Å². The largest absolute Gasteiger partial charge is 0.442 e. The standard InChI is InChI=1S/C19H24N2O4/c1-19(2,3)25-18(22)21-13-12-15(20-21)10-7-11-16-23-17(24-16)14-8-5-4-6-9-14/h4-6,8-9,12-13,16-17H,7,10-11H2,1-3H3. The van der Waals surface area contributed by atoms with Crippen molar-refractivity contribution in [3.05, 3.63) is 53.9 Å². The van der Waals surface area contributed by atoms with E-state index in [9.17, 15) is 4.79 Å². The van der Waals surface area contributed by atoms with Crippen molar-refractivity contribution in [2.24, 2.45) is 0 Å². The molecule has 1 aliphatic rings. The fourth-order valence-corrected chi connectivity index (χ4v) is 2.54. The zero-order valence-electron chi connectivity index (χ0n) is 14.8. The molecule has 0 saturated carbocycles. The highest BCUT2D eigenvalue weighted by atomic mass is 16.9. The summed E-state index contributed by atoms with van der Waals surface area (Å²) < 4.78 is 18.0. The smallest absolute Gasteiger partial charge is 0.435 e. The number of nitrogens with zero attached hydrogens (tertiary/aromatic N) is 2. The Labute approximate surface area is 147 Å². The molecule has 6 nitrogen and oxygen atoms in total. The summed E-state index contributed by atoms with van der Waals surface area (Å²) in [5, 5.41) is 4.26. The molecule has 0 N–H and O–H groups in total. The molecule has 6 heteroatoms. The monoisotopic (exact) mass is 344 g/mol. The molecular formula is C19H24N2O4. The predicted octanol–water partition coefficient (Wildman–Crippen LogP) is 4.06. The topological polar surface area (TPSA) is 62.6 Å². The summed E-state index contributed by atoms with van der Waals surface area (Å²) in [5.74, 6) is 0. The first-order valence-electron chi connectivity index (χ1n) is 8.54. The second kappa shape index (κ2) is 7.37. The van der Waals surface area contributed by atoms with E-state index in [4.69, 9.17) is 14.2 Å². The van der Waals surface area contributed by atoms with E-state index in [1.807, 2.05) is 57.2 Å². The number of aromatic nitrogens is 2. The lowest BCUT2D eigenvalue weighted by atomic mass is 10.1. The van der Waals surface area contributed by atoms with Gasteiger partial charge >= 0.3 is 6.09 Å². The summed E-state index contributed by atoms with van der Waals surface area (Å²) >= 11 is 0. The molecule has 134 valence electrons. The summed E-state index contributed by atoms with van der Waals surface area (Å²) in [6.07, 6.45) is 3.17. The van der Waals surface area contributed by atoms with E-state index in [-0.39, 0.29) is 12.6 Å². The first kappa shape index (κ1) is 17.6. The van der Waals surface area contributed by atoms with Crippen LogP contribution in [0.5, 0.6) is 0 Å². The maximum absolute atomic E-state index is 11.9. The molecule has 1 aromatic heterocycles. The van der Waals surface area contributed by atoms with Crippen LogP contribution in [0.2, 0.25) is 0 Å². The van der Waals surface area contributed by atoms with Crippen LogP contribution in [-0.2, 0) is 20.6 Å². The molecule has 0 bridgehead atoms. The van der Waals surface area contributed by atoms with E-state index in [1.165, 1.54) is 4.68 Å². The number of hydrogen-bond donors (Lipinski definition) is 0. The summed E-state index contributed by atoms with van der Waals surface area (Å²) in [5.41, 5.74) is 1.36. The average molecular weight is 344 g/mol. The molecule has 0 spiro atoms. The van der Waals surface area contributed by atoms with Crippen LogP contribution >= 0.6 is 0 Å². The fourth-order valence-electron chi connectivity index (χ4n) is 2.54. The van der Waals surface area contributed by atoms with Gasteiger partial charge in [0.1, 0.15) is 5.60 Å². The van der Waals surface area contributed by atoms with Gasteiger partial charge in [-0.25, -0.2) is 4.79 Å². The van der Waals surface area contributed by atoms with Gasteiger partial charge in [-0.3, -0.25) is 0 Å². The predicted molar refractivity (Wildman–Crippen MR) is 91.9 cm³/mol. The summed E-state index contributed by atoms with van der Waals surface area (Å²) in [7, 11) is 0. The van der Waals surface area contributed by atoms with Crippen molar-refractivity contribution < 1.29 is 19.0 Å². The van der Waals surface area contributed by atoms with Crippen LogP contribution < -0.4 is 0 Å². The minimum Gasteiger partial charge on any atom is -0.442 e. The second-order valence-electron chi connectivity index (χ2n) is 7.07. The molecule has 1 aromatic carbocycles. The van der Waals surface area contributed by atoms with Gasteiger partial charge in [0, 0.05) is 11.8 Å². The molecule has 2 heterocycles. The first-order chi connectivity index (χ1) is 11.9. The molecule has 2 aromatic rings. The van der Waals surface area contributed by atoms with Crippen LogP contribution in [0, 0.1) is 0 Å². The maximum atomic E-state index is 11.9. The van der Waals surface area contributed by atoms with Crippen LogP contribution in [0.3, 0.4) is 0 Å². The van der Waals surface area contributed by atoms with Crippen molar-refractivity contribution in [3.63, 3.8) is 0 Å². The molecule has 0 atom stereocenters. The molecule has 0 aliphatic carbocycles. The summed E-state index contributed by atoms with van der Waals surface area (Å²) in [4.78, 5) is 11.9. The van der Waals surface area contributed by atoms with E-state index in [2.05, 4.69) is 5.10 Å². The van der Waals surface area contributed by atoms with Crippen molar-refractivity contribution in [1.29, 1.82) is 0 Å². The Balaban J connectivity index is 1.38. The average Bonchev–Trinajstić information content (AvgIpc) is 2.98. The lowest BCUT2D eigenvalue weighted by molar-refractivity contribution is -0.391. The number of aryl methyl sites for hydroxylation is 1. The lowest BCUT2D eigenvalue weighted by Gasteiger charge is -2.36. The molecular weight excluding hydrogens is 320 g/mol. The summed E-state index contributed by atoms with van der Waals surface area (Å²) in [6.45, 7) is 5.49. The highest BCUT2D eigenvalue weighted by Gasteiger charge is 2.31. The third kappa shape index (κ3) is 4.90. The highest BCUT2D eigenvalue weighted by Crippen LogP contribution is 2.33. The van der Waals surface area contributed by atoms with Gasteiger partial charge in [0.05, 0.1) is 5.69 Å². The van der Waals surface area contributed by atoms with Gasteiger partial charge < -0.3 is 14.2 Å². The zero-order chi connectivity index (χ0) is 17.9. The first-order valence-corrected chi connectivity index (χ1v) is 8.54. The minimum absolute atomic E-state index is 0.168. The Morgan fingerprint density at radius 3 is 2.60 bits per heavy atom. The third-order valence-corrected chi connectivity index (χ3v) is 3.72. The molecule has 25 heavy (non-hydrogen) atoms. The van der Waals surface area contributed by atoms with Crippen molar-refractivity contribution in [2.45, 2.75) is 58.2 Å². The molecule has 1 fully saturated rings. The van der Waals surface area contributed by atoms with Crippen LogP contribution in [-0.4, -0.2) is 27.8 Å². The number of rotatable bonds is 5. The van der Waals surface area contributed by atoms with Crippen LogP contribution in [0.15, 0.2) is 42.6 Å². The Kier molecular flexibility index (Phi) is 5.20. The number of carbonyl (C=O) groups excluding carboxylic acids is 1.